The van der Waals surface area contributed by atoms with E-state index in [1.807, 2.05) is 7.05 Å². The third kappa shape index (κ3) is 2.12. The quantitative estimate of drug-likeness (QED) is 0.831. The number of aryl methyl sites for hydroxylation is 1. The molecule has 1 aromatic carbocycles. The molecule has 0 aliphatic heterocycles. The average Bonchev–Trinajstić information content (AvgIpc) is 2.71. The second-order valence-electron chi connectivity index (χ2n) is 3.75. The predicted octanol–water partition coefficient (Wildman–Crippen LogP) is 2.24. The van der Waals surface area contributed by atoms with E-state index in [0.717, 1.165) is 23.6 Å². The molecule has 2 rings (SSSR count). The number of nitrogens with one attached hydrogen (secondary N) is 2. The molecule has 0 fully saturated rings. The first-order chi connectivity index (χ1) is 7.70. The summed E-state index contributed by atoms with van der Waals surface area (Å²) in [6, 6.07) is 4.98. The van der Waals surface area contributed by atoms with E-state index in [1.54, 1.807) is 25.3 Å². The summed E-state index contributed by atoms with van der Waals surface area (Å²) in [7, 11) is 1.88. The predicted molar refractivity (Wildman–Crippen MR) is 61.5 cm³/mol. The fraction of sp³-hybridized carbons (Fsp3) is 0.250. The van der Waals surface area contributed by atoms with Crippen LogP contribution in [0.3, 0.4) is 0 Å². The van der Waals surface area contributed by atoms with Gasteiger partial charge in [0.2, 0.25) is 0 Å². The van der Waals surface area contributed by atoms with Gasteiger partial charge in [-0.25, -0.2) is 9.37 Å². The number of aromatic nitrogens is 2. The zero-order valence-electron chi connectivity index (χ0n) is 9.34. The number of hydrogen-bond donors (Lipinski definition) is 2. The van der Waals surface area contributed by atoms with Gasteiger partial charge < -0.3 is 10.3 Å². The van der Waals surface area contributed by atoms with Crippen LogP contribution < -0.4 is 5.32 Å². The molecule has 84 valence electrons. The molecule has 3 nitrogen and oxygen atoms in total. The van der Waals surface area contributed by atoms with Crippen molar-refractivity contribution in [2.45, 2.75) is 13.5 Å². The van der Waals surface area contributed by atoms with Gasteiger partial charge in [-0.3, -0.25) is 0 Å². The molecule has 0 spiro atoms. The van der Waals surface area contributed by atoms with Gasteiger partial charge in [-0.05, 0) is 37.7 Å². The van der Waals surface area contributed by atoms with Gasteiger partial charge in [0.1, 0.15) is 11.6 Å². The van der Waals surface area contributed by atoms with Crippen LogP contribution in [0.4, 0.5) is 4.39 Å². The van der Waals surface area contributed by atoms with Crippen LogP contribution in [-0.4, -0.2) is 17.0 Å². The van der Waals surface area contributed by atoms with Crippen LogP contribution in [0.2, 0.25) is 0 Å². The molecule has 0 bridgehead atoms. The number of benzene rings is 1. The lowest BCUT2D eigenvalue weighted by atomic mass is 10.1. The molecule has 0 atom stereocenters. The Morgan fingerprint density at radius 1 is 1.44 bits per heavy atom. The SMILES string of the molecule is CNCc1cnc(-c2ccc(F)c(C)c2)[nH]1. The Balaban J connectivity index is 2.31. The first-order valence-corrected chi connectivity index (χ1v) is 5.15. The highest BCUT2D eigenvalue weighted by Gasteiger charge is 2.05. The summed E-state index contributed by atoms with van der Waals surface area (Å²) < 4.78 is 13.1. The highest BCUT2D eigenvalue weighted by Crippen LogP contribution is 2.18. The Kier molecular flexibility index (Phi) is 3.01. The fourth-order valence-electron chi connectivity index (χ4n) is 1.58. The van der Waals surface area contributed by atoms with E-state index in [1.165, 1.54) is 6.07 Å². The van der Waals surface area contributed by atoms with Gasteiger partial charge in [0.25, 0.3) is 0 Å². The lowest BCUT2D eigenvalue weighted by Crippen LogP contribution is -2.04. The van der Waals surface area contributed by atoms with Gasteiger partial charge in [0.05, 0.1) is 0 Å². The molecule has 1 aromatic heterocycles. The van der Waals surface area contributed by atoms with Gasteiger partial charge in [0.15, 0.2) is 0 Å². The zero-order valence-corrected chi connectivity index (χ0v) is 9.34. The molecule has 16 heavy (non-hydrogen) atoms. The van der Waals surface area contributed by atoms with Crippen molar-refractivity contribution in [3.63, 3.8) is 0 Å². The zero-order chi connectivity index (χ0) is 11.5. The summed E-state index contributed by atoms with van der Waals surface area (Å²) in [4.78, 5) is 7.44. The molecule has 0 saturated carbocycles. The van der Waals surface area contributed by atoms with Gasteiger partial charge in [-0.2, -0.15) is 0 Å². The van der Waals surface area contributed by atoms with E-state index in [-0.39, 0.29) is 5.82 Å². The molecule has 0 saturated heterocycles. The Morgan fingerprint density at radius 3 is 2.94 bits per heavy atom. The number of H-pyrrole nitrogens is 1. The van der Waals surface area contributed by atoms with Crippen molar-refractivity contribution in [3.8, 4) is 11.4 Å². The van der Waals surface area contributed by atoms with Crippen LogP contribution >= 0.6 is 0 Å². The molecule has 4 heteroatoms. The summed E-state index contributed by atoms with van der Waals surface area (Å²) in [5.74, 6) is 0.583. The molecule has 1 heterocycles. The second kappa shape index (κ2) is 4.45. The van der Waals surface area contributed by atoms with E-state index >= 15 is 0 Å². The lowest BCUT2D eigenvalue weighted by Gasteiger charge is -2.00. The van der Waals surface area contributed by atoms with Gasteiger partial charge in [-0.15, -0.1) is 0 Å². The van der Waals surface area contributed by atoms with Crippen LogP contribution in [0.5, 0.6) is 0 Å². The fourth-order valence-corrected chi connectivity index (χ4v) is 1.58. The molecule has 0 aliphatic rings. The number of aromatic amines is 1. The highest BCUT2D eigenvalue weighted by molar-refractivity contribution is 5.56. The second-order valence-corrected chi connectivity index (χ2v) is 3.75. The van der Waals surface area contributed by atoms with Crippen LogP contribution in [0, 0.1) is 12.7 Å². The first-order valence-electron chi connectivity index (χ1n) is 5.15. The highest BCUT2D eigenvalue weighted by atomic mass is 19.1. The number of imidazole rings is 1. The Labute approximate surface area is 93.7 Å². The first kappa shape index (κ1) is 10.8. The van der Waals surface area contributed by atoms with Crippen LogP contribution in [0.1, 0.15) is 11.3 Å². The van der Waals surface area contributed by atoms with Crippen molar-refractivity contribution in [1.29, 1.82) is 0 Å². The smallest absolute Gasteiger partial charge is 0.137 e. The standard InChI is InChI=1S/C12H14FN3/c1-8-5-9(3-4-11(8)13)12-15-7-10(16-12)6-14-2/h3-5,7,14H,6H2,1-2H3,(H,15,16). The monoisotopic (exact) mass is 219 g/mol. The summed E-state index contributed by atoms with van der Waals surface area (Å²) in [6.45, 7) is 2.49. The van der Waals surface area contributed by atoms with Crippen molar-refractivity contribution in [1.82, 2.24) is 15.3 Å². The van der Waals surface area contributed by atoms with Gasteiger partial charge in [0, 0.05) is 24.0 Å². The Bertz CT molecular complexity index is 491. The number of nitrogens with zero attached hydrogens (tertiary/aromatic N) is 1. The summed E-state index contributed by atoms with van der Waals surface area (Å²) in [6.07, 6.45) is 1.78. The summed E-state index contributed by atoms with van der Waals surface area (Å²) in [5.41, 5.74) is 2.55. The van der Waals surface area contributed by atoms with Crippen molar-refractivity contribution in [2.24, 2.45) is 0 Å². The average molecular weight is 219 g/mol. The van der Waals surface area contributed by atoms with Crippen molar-refractivity contribution in [3.05, 3.63) is 41.5 Å². The van der Waals surface area contributed by atoms with E-state index in [0.29, 0.717) is 5.56 Å². The largest absolute Gasteiger partial charge is 0.341 e. The van der Waals surface area contributed by atoms with E-state index in [4.69, 9.17) is 0 Å². The maximum absolute atomic E-state index is 13.1. The van der Waals surface area contributed by atoms with E-state index in [2.05, 4.69) is 15.3 Å². The Hall–Kier alpha value is -1.68. The van der Waals surface area contributed by atoms with Crippen LogP contribution in [0.25, 0.3) is 11.4 Å². The number of rotatable bonds is 3. The van der Waals surface area contributed by atoms with Crippen LogP contribution in [0.15, 0.2) is 24.4 Å². The van der Waals surface area contributed by atoms with Gasteiger partial charge in [-0.1, -0.05) is 0 Å². The molecule has 0 aliphatic carbocycles. The van der Waals surface area contributed by atoms with E-state index < -0.39 is 0 Å². The molecule has 0 unspecified atom stereocenters. The molecule has 0 amide bonds. The summed E-state index contributed by atoms with van der Waals surface area (Å²) >= 11 is 0. The molecule has 2 aromatic rings. The minimum atomic E-state index is -0.189. The third-order valence-corrected chi connectivity index (χ3v) is 2.43. The maximum Gasteiger partial charge on any atom is 0.137 e. The number of halogens is 1. The minimum absolute atomic E-state index is 0.189. The maximum atomic E-state index is 13.1. The third-order valence-electron chi connectivity index (χ3n) is 2.43. The topological polar surface area (TPSA) is 40.7 Å². The molecule has 0 radical (unpaired) electrons. The lowest BCUT2D eigenvalue weighted by molar-refractivity contribution is 0.618. The minimum Gasteiger partial charge on any atom is -0.341 e. The number of hydrogen-bond acceptors (Lipinski definition) is 2. The van der Waals surface area contributed by atoms with Crippen LogP contribution in [-0.2, 0) is 6.54 Å². The molecule has 2 N–H and O–H groups in total. The summed E-state index contributed by atoms with van der Waals surface area (Å²) in [5, 5.41) is 3.04. The van der Waals surface area contributed by atoms with Crippen molar-refractivity contribution < 1.29 is 4.39 Å². The van der Waals surface area contributed by atoms with Crippen molar-refractivity contribution in [2.75, 3.05) is 7.05 Å². The molecular weight excluding hydrogens is 205 g/mol. The van der Waals surface area contributed by atoms with Gasteiger partial charge >= 0.3 is 0 Å². The van der Waals surface area contributed by atoms with Crippen molar-refractivity contribution >= 4 is 0 Å². The Morgan fingerprint density at radius 2 is 2.25 bits per heavy atom. The molecular formula is C12H14FN3. The van der Waals surface area contributed by atoms with E-state index in [9.17, 15) is 4.39 Å². The normalized spacial score (nSPS) is 10.7.